The number of aliphatic hydroxyl groups excluding tert-OH is 1. The molecule has 0 radical (unpaired) electrons. The van der Waals surface area contributed by atoms with Gasteiger partial charge in [0.15, 0.2) is 0 Å². The Hall–Kier alpha value is -0.160. The fourth-order valence-corrected chi connectivity index (χ4v) is 2.13. The number of rotatable bonds is 6. The zero-order valence-corrected chi connectivity index (χ0v) is 9.67. The standard InChI is InChI=1S/C11H24N2O2/c1-2-10-8-11(9-12,4-7-15-10)13-5-3-6-14/h10,13-14H,2-9,12H2,1H3. The molecule has 4 heteroatoms. The van der Waals surface area contributed by atoms with E-state index in [9.17, 15) is 0 Å². The molecular formula is C11H24N2O2. The summed E-state index contributed by atoms with van der Waals surface area (Å²) >= 11 is 0. The summed E-state index contributed by atoms with van der Waals surface area (Å²) in [4.78, 5) is 0. The van der Waals surface area contributed by atoms with Crippen LogP contribution in [0.1, 0.15) is 32.6 Å². The molecule has 0 aromatic heterocycles. The molecule has 4 N–H and O–H groups in total. The molecule has 1 heterocycles. The lowest BCUT2D eigenvalue weighted by Gasteiger charge is -2.41. The molecule has 1 aliphatic heterocycles. The third-order valence-electron chi connectivity index (χ3n) is 3.23. The molecule has 2 atom stereocenters. The largest absolute Gasteiger partial charge is 0.396 e. The van der Waals surface area contributed by atoms with Crippen LogP contribution >= 0.6 is 0 Å². The summed E-state index contributed by atoms with van der Waals surface area (Å²) in [5.41, 5.74) is 5.89. The predicted octanol–water partition coefficient (Wildman–Crippen LogP) is 0.245. The Kier molecular flexibility index (Phi) is 5.53. The van der Waals surface area contributed by atoms with E-state index in [1.54, 1.807) is 0 Å². The Bertz CT molecular complexity index is 178. The van der Waals surface area contributed by atoms with Gasteiger partial charge in [-0.15, -0.1) is 0 Å². The first-order chi connectivity index (χ1) is 7.26. The van der Waals surface area contributed by atoms with Crippen molar-refractivity contribution in [1.82, 2.24) is 5.32 Å². The Morgan fingerprint density at radius 3 is 3.00 bits per heavy atom. The van der Waals surface area contributed by atoms with Gasteiger partial charge in [0, 0.05) is 25.3 Å². The number of nitrogens with two attached hydrogens (primary N) is 1. The molecule has 0 spiro atoms. The fourth-order valence-electron chi connectivity index (χ4n) is 2.13. The van der Waals surface area contributed by atoms with Crippen LogP contribution in [0.2, 0.25) is 0 Å². The lowest BCUT2D eigenvalue weighted by atomic mass is 9.85. The van der Waals surface area contributed by atoms with Gasteiger partial charge in [-0.25, -0.2) is 0 Å². The molecule has 0 aromatic rings. The first-order valence-corrected chi connectivity index (χ1v) is 5.94. The topological polar surface area (TPSA) is 67.5 Å². The minimum Gasteiger partial charge on any atom is -0.396 e. The van der Waals surface area contributed by atoms with Crippen molar-refractivity contribution in [3.63, 3.8) is 0 Å². The van der Waals surface area contributed by atoms with Gasteiger partial charge < -0.3 is 20.9 Å². The van der Waals surface area contributed by atoms with E-state index < -0.39 is 0 Å². The molecular weight excluding hydrogens is 192 g/mol. The molecule has 1 saturated heterocycles. The van der Waals surface area contributed by atoms with Crippen molar-refractivity contribution >= 4 is 0 Å². The molecule has 0 amide bonds. The molecule has 1 aliphatic rings. The zero-order chi connectivity index (χ0) is 11.1. The van der Waals surface area contributed by atoms with Gasteiger partial charge in [0.2, 0.25) is 0 Å². The van der Waals surface area contributed by atoms with E-state index in [2.05, 4.69) is 12.2 Å². The number of nitrogens with one attached hydrogen (secondary N) is 1. The quantitative estimate of drug-likeness (QED) is 0.557. The Morgan fingerprint density at radius 2 is 2.40 bits per heavy atom. The summed E-state index contributed by atoms with van der Waals surface area (Å²) in [7, 11) is 0. The minimum atomic E-state index is 0.0358. The average Bonchev–Trinajstić information content (AvgIpc) is 2.30. The predicted molar refractivity (Wildman–Crippen MR) is 60.8 cm³/mol. The third kappa shape index (κ3) is 3.72. The van der Waals surface area contributed by atoms with Crippen LogP contribution in [0.25, 0.3) is 0 Å². The second kappa shape index (κ2) is 6.43. The highest BCUT2D eigenvalue weighted by atomic mass is 16.5. The maximum Gasteiger partial charge on any atom is 0.0590 e. The Morgan fingerprint density at radius 1 is 1.60 bits per heavy atom. The average molecular weight is 216 g/mol. The molecule has 0 saturated carbocycles. The highest BCUT2D eigenvalue weighted by Gasteiger charge is 2.34. The number of ether oxygens (including phenoxy) is 1. The van der Waals surface area contributed by atoms with Crippen LogP contribution in [0.15, 0.2) is 0 Å². The highest BCUT2D eigenvalue weighted by molar-refractivity contribution is 4.93. The van der Waals surface area contributed by atoms with Crippen LogP contribution in [0.3, 0.4) is 0 Å². The third-order valence-corrected chi connectivity index (χ3v) is 3.23. The summed E-state index contributed by atoms with van der Waals surface area (Å²) in [6.07, 6.45) is 4.14. The maximum absolute atomic E-state index is 8.75. The normalized spacial score (nSPS) is 31.8. The second-order valence-corrected chi connectivity index (χ2v) is 4.34. The molecule has 1 fully saturated rings. The van der Waals surface area contributed by atoms with Crippen LogP contribution in [-0.2, 0) is 4.74 Å². The van der Waals surface area contributed by atoms with Crippen LogP contribution in [-0.4, -0.2) is 43.1 Å². The second-order valence-electron chi connectivity index (χ2n) is 4.34. The van der Waals surface area contributed by atoms with E-state index in [1.807, 2.05) is 0 Å². The summed E-state index contributed by atoms with van der Waals surface area (Å²) in [5.74, 6) is 0. The molecule has 90 valence electrons. The van der Waals surface area contributed by atoms with Gasteiger partial charge in [0.25, 0.3) is 0 Å². The van der Waals surface area contributed by atoms with Gasteiger partial charge >= 0.3 is 0 Å². The van der Waals surface area contributed by atoms with Crippen molar-refractivity contribution in [3.05, 3.63) is 0 Å². The molecule has 0 aliphatic carbocycles. The van der Waals surface area contributed by atoms with Gasteiger partial charge in [-0.3, -0.25) is 0 Å². The Labute approximate surface area is 92.2 Å². The van der Waals surface area contributed by atoms with Gasteiger partial charge in [-0.1, -0.05) is 6.92 Å². The van der Waals surface area contributed by atoms with E-state index in [1.165, 1.54) is 0 Å². The van der Waals surface area contributed by atoms with E-state index in [-0.39, 0.29) is 12.1 Å². The van der Waals surface area contributed by atoms with Crippen molar-refractivity contribution in [1.29, 1.82) is 0 Å². The SMILES string of the molecule is CCC1CC(CN)(NCCCO)CCO1. The van der Waals surface area contributed by atoms with Crippen LogP contribution in [0, 0.1) is 0 Å². The van der Waals surface area contributed by atoms with Crippen molar-refractivity contribution < 1.29 is 9.84 Å². The molecule has 0 aromatic carbocycles. The van der Waals surface area contributed by atoms with Crippen molar-refractivity contribution in [2.75, 3.05) is 26.3 Å². The molecule has 15 heavy (non-hydrogen) atoms. The number of hydrogen-bond donors (Lipinski definition) is 3. The molecule has 0 bridgehead atoms. The summed E-state index contributed by atoms with van der Waals surface area (Å²) in [6.45, 7) is 4.66. The minimum absolute atomic E-state index is 0.0358. The van der Waals surface area contributed by atoms with Crippen molar-refractivity contribution in [2.24, 2.45) is 5.73 Å². The highest BCUT2D eigenvalue weighted by Crippen LogP contribution is 2.25. The summed E-state index contributed by atoms with van der Waals surface area (Å²) in [5, 5.41) is 12.2. The van der Waals surface area contributed by atoms with E-state index >= 15 is 0 Å². The van der Waals surface area contributed by atoms with Crippen LogP contribution < -0.4 is 11.1 Å². The first-order valence-electron chi connectivity index (χ1n) is 5.94. The maximum atomic E-state index is 8.75. The van der Waals surface area contributed by atoms with E-state index in [0.29, 0.717) is 12.6 Å². The lowest BCUT2D eigenvalue weighted by Crippen LogP contribution is -2.56. The van der Waals surface area contributed by atoms with Crippen molar-refractivity contribution in [3.8, 4) is 0 Å². The lowest BCUT2D eigenvalue weighted by molar-refractivity contribution is -0.0281. The zero-order valence-electron chi connectivity index (χ0n) is 9.67. The van der Waals surface area contributed by atoms with E-state index in [4.69, 9.17) is 15.6 Å². The molecule has 2 unspecified atom stereocenters. The van der Waals surface area contributed by atoms with E-state index in [0.717, 1.165) is 38.8 Å². The van der Waals surface area contributed by atoms with Crippen molar-refractivity contribution in [2.45, 2.75) is 44.2 Å². The number of aliphatic hydroxyl groups is 1. The van der Waals surface area contributed by atoms with Crippen LogP contribution in [0.4, 0.5) is 0 Å². The summed E-state index contributed by atoms with van der Waals surface area (Å²) < 4.78 is 5.65. The monoisotopic (exact) mass is 216 g/mol. The first kappa shape index (κ1) is 12.9. The van der Waals surface area contributed by atoms with Gasteiger partial charge in [0.1, 0.15) is 0 Å². The van der Waals surface area contributed by atoms with Gasteiger partial charge in [-0.05, 0) is 32.2 Å². The van der Waals surface area contributed by atoms with Gasteiger partial charge in [-0.2, -0.15) is 0 Å². The van der Waals surface area contributed by atoms with Gasteiger partial charge in [0.05, 0.1) is 6.10 Å². The smallest absolute Gasteiger partial charge is 0.0590 e. The summed E-state index contributed by atoms with van der Waals surface area (Å²) in [6, 6.07) is 0. The molecule has 4 nitrogen and oxygen atoms in total. The molecule has 1 rings (SSSR count). The Balaban J connectivity index is 2.43. The fraction of sp³-hybridized carbons (Fsp3) is 1.00. The number of hydrogen-bond acceptors (Lipinski definition) is 4. The van der Waals surface area contributed by atoms with Crippen LogP contribution in [0.5, 0.6) is 0 Å².